The number of hydrogen-bond donors (Lipinski definition) is 1. The van der Waals surface area contributed by atoms with Crippen LogP contribution >= 0.6 is 11.6 Å². The number of amides is 1. The van der Waals surface area contributed by atoms with Crippen molar-refractivity contribution in [3.63, 3.8) is 0 Å². The molecule has 0 bridgehead atoms. The van der Waals surface area contributed by atoms with Gasteiger partial charge in [0.05, 0.1) is 16.8 Å². The van der Waals surface area contributed by atoms with E-state index in [2.05, 4.69) is 70.4 Å². The summed E-state index contributed by atoms with van der Waals surface area (Å²) in [7, 11) is 0. The summed E-state index contributed by atoms with van der Waals surface area (Å²) in [5.74, 6) is 1.19. The van der Waals surface area contributed by atoms with Crippen LogP contribution in [0.3, 0.4) is 0 Å². The molecule has 5 fully saturated rings. The van der Waals surface area contributed by atoms with Crippen LogP contribution in [-0.4, -0.2) is 54.0 Å². The monoisotopic (exact) mass is 648 g/mol. The first-order chi connectivity index (χ1) is 21.5. The lowest BCUT2D eigenvalue weighted by Crippen LogP contribution is -2.66. The number of aliphatic hydroxyl groups is 1. The molecule has 0 unspecified atom stereocenters. The number of carbonyl (C=O) groups excluding carboxylic acids is 2. The second-order valence-electron chi connectivity index (χ2n) is 18.4. The van der Waals surface area contributed by atoms with Crippen LogP contribution in [-0.2, 0) is 9.59 Å². The first kappa shape index (κ1) is 32.7. The molecule has 1 heterocycles. The van der Waals surface area contributed by atoms with Gasteiger partial charge in [-0.05, 0) is 115 Å². The van der Waals surface area contributed by atoms with Gasteiger partial charge in [-0.25, -0.2) is 0 Å². The molecule has 5 nitrogen and oxygen atoms in total. The van der Waals surface area contributed by atoms with Crippen LogP contribution in [0.4, 0.5) is 5.69 Å². The SMILES string of the molecule is CC1(C)[C@@H](O)CC[C@]2(C)[C@H]3C(=O)C=C4[C@@H]5C[C@@](C)(C(=O)N6CCN(c7ccccc7Cl)CC6)CC[C@]5(C)CC[C@@]4(C)[C@]3(C)CC[C@@H]12. The van der Waals surface area contributed by atoms with Gasteiger partial charge in [0.2, 0.25) is 5.91 Å². The predicted octanol–water partition coefficient (Wildman–Crippen LogP) is 8.33. The van der Waals surface area contributed by atoms with E-state index in [1.807, 2.05) is 18.2 Å². The third-order valence-electron chi connectivity index (χ3n) is 15.8. The fourth-order valence-electron chi connectivity index (χ4n) is 12.6. The third kappa shape index (κ3) is 4.41. The van der Waals surface area contributed by atoms with E-state index in [0.29, 0.717) is 30.7 Å². The van der Waals surface area contributed by atoms with Gasteiger partial charge in [0.25, 0.3) is 0 Å². The molecule has 1 saturated heterocycles. The molecule has 1 aliphatic heterocycles. The minimum absolute atomic E-state index is 0.0188. The maximum atomic E-state index is 14.6. The van der Waals surface area contributed by atoms with E-state index in [4.69, 9.17) is 11.6 Å². The molecule has 0 aromatic heterocycles. The van der Waals surface area contributed by atoms with Crippen LogP contribution in [0.1, 0.15) is 106 Å². The summed E-state index contributed by atoms with van der Waals surface area (Å²) in [6.07, 6.45) is 10.7. The minimum Gasteiger partial charge on any atom is -0.393 e. The average Bonchev–Trinajstić information content (AvgIpc) is 3.01. The summed E-state index contributed by atoms with van der Waals surface area (Å²) in [5.41, 5.74) is 1.63. The quantitative estimate of drug-likeness (QED) is 0.350. The molecule has 1 amide bonds. The molecule has 6 aliphatic rings. The van der Waals surface area contributed by atoms with Crippen molar-refractivity contribution in [1.29, 1.82) is 0 Å². The summed E-state index contributed by atoms with van der Waals surface area (Å²) in [4.78, 5) is 33.5. The molecule has 5 aliphatic carbocycles. The molecule has 6 heteroatoms. The van der Waals surface area contributed by atoms with Crippen molar-refractivity contribution < 1.29 is 14.7 Å². The van der Waals surface area contributed by atoms with Crippen molar-refractivity contribution in [2.45, 2.75) is 112 Å². The van der Waals surface area contributed by atoms with Crippen molar-refractivity contribution in [1.82, 2.24) is 4.90 Å². The van der Waals surface area contributed by atoms with E-state index in [0.717, 1.165) is 81.6 Å². The van der Waals surface area contributed by atoms with E-state index in [1.165, 1.54) is 5.57 Å². The first-order valence-corrected chi connectivity index (χ1v) is 18.6. The Balaban J connectivity index is 1.17. The van der Waals surface area contributed by atoms with Gasteiger partial charge in [0, 0.05) is 37.5 Å². The lowest BCUT2D eigenvalue weighted by Gasteiger charge is -2.70. The number of aliphatic hydroxyl groups excluding tert-OH is 1. The molecule has 9 atom stereocenters. The number of anilines is 1. The molecule has 0 radical (unpaired) electrons. The number of nitrogens with zero attached hydrogens (tertiary/aromatic N) is 2. The molecule has 1 aromatic carbocycles. The molecule has 7 rings (SSSR count). The molecule has 4 saturated carbocycles. The zero-order valence-corrected chi connectivity index (χ0v) is 30.2. The molecular formula is C40H57ClN2O3. The fraction of sp³-hybridized carbons (Fsp3) is 0.750. The van der Waals surface area contributed by atoms with Gasteiger partial charge < -0.3 is 14.9 Å². The van der Waals surface area contributed by atoms with Crippen molar-refractivity contribution in [2.75, 3.05) is 31.1 Å². The number of carbonyl (C=O) groups is 2. The van der Waals surface area contributed by atoms with Crippen molar-refractivity contribution in [3.8, 4) is 0 Å². The van der Waals surface area contributed by atoms with Gasteiger partial charge in [-0.2, -0.15) is 0 Å². The Hall–Kier alpha value is -1.85. The fourth-order valence-corrected chi connectivity index (χ4v) is 12.9. The van der Waals surface area contributed by atoms with Crippen molar-refractivity contribution >= 4 is 29.0 Å². The topological polar surface area (TPSA) is 60.9 Å². The Labute approximate surface area is 282 Å². The number of hydrogen-bond acceptors (Lipinski definition) is 4. The van der Waals surface area contributed by atoms with E-state index in [1.54, 1.807) is 0 Å². The highest BCUT2D eigenvalue weighted by molar-refractivity contribution is 6.33. The smallest absolute Gasteiger partial charge is 0.228 e. The highest BCUT2D eigenvalue weighted by atomic mass is 35.5. The summed E-state index contributed by atoms with van der Waals surface area (Å²) >= 11 is 6.51. The predicted molar refractivity (Wildman–Crippen MR) is 186 cm³/mol. The molecular weight excluding hydrogens is 592 g/mol. The summed E-state index contributed by atoms with van der Waals surface area (Å²) < 4.78 is 0. The number of halogens is 1. The highest BCUT2D eigenvalue weighted by Gasteiger charge is 2.70. The highest BCUT2D eigenvalue weighted by Crippen LogP contribution is 2.75. The maximum Gasteiger partial charge on any atom is 0.228 e. The van der Waals surface area contributed by atoms with Gasteiger partial charge in [-0.1, -0.05) is 77.8 Å². The number of rotatable bonds is 2. The van der Waals surface area contributed by atoms with E-state index < -0.39 is 5.41 Å². The van der Waals surface area contributed by atoms with Crippen LogP contribution in [0.2, 0.25) is 5.02 Å². The van der Waals surface area contributed by atoms with Gasteiger partial charge in [-0.15, -0.1) is 0 Å². The number of benzene rings is 1. The van der Waals surface area contributed by atoms with Crippen molar-refractivity contribution in [2.24, 2.45) is 50.2 Å². The molecule has 1 N–H and O–H groups in total. The molecule has 252 valence electrons. The third-order valence-corrected chi connectivity index (χ3v) is 16.1. The lowest BCUT2D eigenvalue weighted by molar-refractivity contribution is -0.202. The normalized spacial score (nSPS) is 45.2. The zero-order valence-electron chi connectivity index (χ0n) is 29.4. The molecule has 1 aromatic rings. The van der Waals surface area contributed by atoms with Crippen LogP contribution in [0.15, 0.2) is 35.9 Å². The number of ketones is 1. The molecule has 0 spiro atoms. The van der Waals surface area contributed by atoms with Crippen LogP contribution in [0.5, 0.6) is 0 Å². The Bertz CT molecular complexity index is 1460. The first-order valence-electron chi connectivity index (χ1n) is 18.2. The Morgan fingerprint density at radius 3 is 2.24 bits per heavy atom. The molecule has 46 heavy (non-hydrogen) atoms. The van der Waals surface area contributed by atoms with Crippen LogP contribution in [0, 0.1) is 50.2 Å². The number of allylic oxidation sites excluding steroid dienone is 2. The average molecular weight is 649 g/mol. The summed E-state index contributed by atoms with van der Waals surface area (Å²) in [6, 6.07) is 7.99. The van der Waals surface area contributed by atoms with Gasteiger partial charge in [-0.3, -0.25) is 9.59 Å². The minimum atomic E-state index is -0.427. The second-order valence-corrected chi connectivity index (χ2v) is 18.8. The van der Waals surface area contributed by atoms with E-state index in [9.17, 15) is 14.7 Å². The van der Waals surface area contributed by atoms with E-state index in [-0.39, 0.29) is 45.0 Å². The second kappa shape index (κ2) is 10.6. The largest absolute Gasteiger partial charge is 0.393 e. The van der Waals surface area contributed by atoms with Crippen molar-refractivity contribution in [3.05, 3.63) is 40.9 Å². The van der Waals surface area contributed by atoms with Gasteiger partial charge >= 0.3 is 0 Å². The van der Waals surface area contributed by atoms with Gasteiger partial charge in [0.1, 0.15) is 0 Å². The Kier molecular flexibility index (Phi) is 7.51. The van der Waals surface area contributed by atoms with Crippen LogP contribution in [0.25, 0.3) is 0 Å². The van der Waals surface area contributed by atoms with Crippen LogP contribution < -0.4 is 4.90 Å². The number of para-hydroxylation sites is 1. The Morgan fingerprint density at radius 2 is 1.54 bits per heavy atom. The summed E-state index contributed by atoms with van der Waals surface area (Å²) in [6.45, 7) is 19.5. The van der Waals surface area contributed by atoms with E-state index >= 15 is 0 Å². The summed E-state index contributed by atoms with van der Waals surface area (Å²) in [5, 5.41) is 11.8. The maximum absolute atomic E-state index is 14.6. The van der Waals surface area contributed by atoms with Gasteiger partial charge in [0.15, 0.2) is 5.78 Å². The number of fused-ring (bicyclic) bond motifs is 7. The lowest BCUT2D eigenvalue weighted by atomic mass is 9.33. The Morgan fingerprint density at radius 1 is 0.870 bits per heavy atom. The standard InChI is InChI=1S/C40H57ClN2O3/c1-35(2)31-12-15-40(7)33(38(31,5)14-13-32(35)45)30(44)24-26-27-25-37(4,17-16-36(27,3)18-19-39(26,40)6)34(46)43-22-20-42(21-23-43)29-11-9-8-10-28(29)41/h8-11,24,27,31-33,45H,12-23,25H2,1-7H3/t27-,31-,32-,33+,36+,37-,38-,39+,40+/m0/s1. The number of piperazine rings is 1. The zero-order chi connectivity index (χ0) is 33.1.